The van der Waals surface area contributed by atoms with Crippen molar-refractivity contribution in [1.29, 1.82) is 0 Å². The molecular formula is C49H29N3OS. The highest BCUT2D eigenvalue weighted by molar-refractivity contribution is 7.26. The van der Waals surface area contributed by atoms with Gasteiger partial charge in [0, 0.05) is 47.8 Å². The lowest BCUT2D eigenvalue weighted by Gasteiger charge is -2.23. The Kier molecular flexibility index (Phi) is 7.00. The summed E-state index contributed by atoms with van der Waals surface area (Å²) >= 11 is 1.86. The molecular weight excluding hydrogens is 679 g/mol. The third-order valence-electron chi connectivity index (χ3n) is 10.3. The molecule has 0 N–H and O–H groups in total. The first-order chi connectivity index (χ1) is 26.7. The van der Waals surface area contributed by atoms with Crippen molar-refractivity contribution in [2.45, 2.75) is 0 Å². The SMILES string of the molecule is c1ccc(-c2nc(-c3ccccc3)nc(-c3ccc4c5c(cccc35)-c3cc(-c5cccc(-c6cccc7c6sc6ccccc67)c5)ccc3O4)n2)cc1. The Morgan fingerprint density at radius 1 is 0.352 bits per heavy atom. The topological polar surface area (TPSA) is 47.9 Å². The average molecular weight is 708 g/mol. The lowest BCUT2D eigenvalue weighted by molar-refractivity contribution is 0.487. The van der Waals surface area contributed by atoms with Crippen molar-refractivity contribution in [2.75, 3.05) is 0 Å². The Labute approximate surface area is 315 Å². The van der Waals surface area contributed by atoms with E-state index in [1.165, 1.54) is 31.3 Å². The van der Waals surface area contributed by atoms with Gasteiger partial charge in [0.1, 0.15) is 11.5 Å². The second kappa shape index (κ2) is 12.3. The van der Waals surface area contributed by atoms with Gasteiger partial charge >= 0.3 is 0 Å². The number of ether oxygens (including phenoxy) is 1. The molecule has 8 aromatic carbocycles. The van der Waals surface area contributed by atoms with E-state index in [1.54, 1.807) is 0 Å². The zero-order chi connectivity index (χ0) is 35.6. The third kappa shape index (κ3) is 5.01. The third-order valence-corrected chi connectivity index (χ3v) is 11.6. The average Bonchev–Trinajstić information content (AvgIpc) is 3.63. The standard InChI is InChI=1S/C49H29N3OS/c1-3-12-30(13-4-1)47-50-48(31-14-5-2-6-15-31)52-49(51-47)40-25-27-43-45-37(40)20-11-21-38(45)41-29-33(24-26-42(41)53-43)32-16-9-17-34(28-32)35-19-10-22-39-36-18-7-8-23-44(36)54-46(35)39/h1-29H. The quantitative estimate of drug-likeness (QED) is 0.179. The smallest absolute Gasteiger partial charge is 0.164 e. The predicted molar refractivity (Wildman–Crippen MR) is 223 cm³/mol. The summed E-state index contributed by atoms with van der Waals surface area (Å²) in [5, 5.41) is 4.70. The van der Waals surface area contributed by atoms with Crippen LogP contribution in [-0.2, 0) is 0 Å². The Bertz CT molecular complexity index is 3020. The van der Waals surface area contributed by atoms with E-state index in [1.807, 2.05) is 78.1 Å². The van der Waals surface area contributed by atoms with Crippen molar-refractivity contribution in [2.24, 2.45) is 0 Å². The van der Waals surface area contributed by atoms with Crippen LogP contribution in [0.3, 0.4) is 0 Å². The van der Waals surface area contributed by atoms with Gasteiger partial charge in [-0.15, -0.1) is 11.3 Å². The highest BCUT2D eigenvalue weighted by Crippen LogP contribution is 2.50. The van der Waals surface area contributed by atoms with E-state index < -0.39 is 0 Å². The lowest BCUT2D eigenvalue weighted by Crippen LogP contribution is -2.02. The molecule has 10 aromatic rings. The number of thiophene rings is 1. The second-order valence-corrected chi connectivity index (χ2v) is 14.6. The maximum absolute atomic E-state index is 6.64. The highest BCUT2D eigenvalue weighted by atomic mass is 32.1. The highest BCUT2D eigenvalue weighted by Gasteiger charge is 2.24. The molecule has 1 aliphatic heterocycles. The summed E-state index contributed by atoms with van der Waals surface area (Å²) in [6, 6.07) is 61.5. The van der Waals surface area contributed by atoms with Crippen LogP contribution in [0.25, 0.3) is 98.5 Å². The van der Waals surface area contributed by atoms with Crippen LogP contribution in [-0.4, -0.2) is 15.0 Å². The Morgan fingerprint density at radius 2 is 0.944 bits per heavy atom. The molecule has 0 fully saturated rings. The number of fused-ring (bicyclic) bond motifs is 5. The second-order valence-electron chi connectivity index (χ2n) is 13.6. The Balaban J connectivity index is 1.03. The zero-order valence-electron chi connectivity index (χ0n) is 28.9. The van der Waals surface area contributed by atoms with Crippen molar-refractivity contribution in [3.05, 3.63) is 176 Å². The molecule has 0 spiro atoms. The van der Waals surface area contributed by atoms with Gasteiger partial charge in [0.25, 0.3) is 0 Å². The summed E-state index contributed by atoms with van der Waals surface area (Å²) in [6.07, 6.45) is 0. The van der Waals surface area contributed by atoms with E-state index in [-0.39, 0.29) is 0 Å². The van der Waals surface area contributed by atoms with Crippen molar-refractivity contribution in [3.63, 3.8) is 0 Å². The number of nitrogens with zero attached hydrogens (tertiary/aromatic N) is 3. The van der Waals surface area contributed by atoms with E-state index >= 15 is 0 Å². The number of hydrogen-bond acceptors (Lipinski definition) is 5. The zero-order valence-corrected chi connectivity index (χ0v) is 29.7. The van der Waals surface area contributed by atoms with E-state index in [9.17, 15) is 0 Å². The maximum Gasteiger partial charge on any atom is 0.164 e. The van der Waals surface area contributed by atoms with Gasteiger partial charge in [0.15, 0.2) is 17.5 Å². The van der Waals surface area contributed by atoms with Crippen LogP contribution < -0.4 is 4.74 Å². The number of hydrogen-bond donors (Lipinski definition) is 0. The molecule has 2 aromatic heterocycles. The molecule has 5 heteroatoms. The van der Waals surface area contributed by atoms with Crippen LogP contribution in [0.1, 0.15) is 0 Å². The molecule has 0 unspecified atom stereocenters. The molecule has 252 valence electrons. The Morgan fingerprint density at radius 3 is 1.74 bits per heavy atom. The summed E-state index contributed by atoms with van der Waals surface area (Å²) in [6.45, 7) is 0. The minimum absolute atomic E-state index is 0.622. The minimum Gasteiger partial charge on any atom is -0.456 e. The van der Waals surface area contributed by atoms with E-state index in [4.69, 9.17) is 19.7 Å². The minimum atomic E-state index is 0.622. The molecule has 0 bridgehead atoms. The first-order valence-corrected chi connectivity index (χ1v) is 18.8. The maximum atomic E-state index is 6.64. The molecule has 0 saturated carbocycles. The van der Waals surface area contributed by atoms with Gasteiger partial charge in [-0.25, -0.2) is 15.0 Å². The molecule has 3 heterocycles. The van der Waals surface area contributed by atoms with Gasteiger partial charge in [0.2, 0.25) is 0 Å². The summed E-state index contributed by atoms with van der Waals surface area (Å²) in [5.41, 5.74) is 9.75. The first kappa shape index (κ1) is 30.7. The van der Waals surface area contributed by atoms with Crippen molar-refractivity contribution in [3.8, 4) is 79.0 Å². The predicted octanol–water partition coefficient (Wildman–Crippen LogP) is 13.5. The largest absolute Gasteiger partial charge is 0.456 e. The molecule has 4 nitrogen and oxygen atoms in total. The van der Waals surface area contributed by atoms with Crippen molar-refractivity contribution < 1.29 is 4.74 Å². The molecule has 54 heavy (non-hydrogen) atoms. The summed E-state index contributed by atoms with van der Waals surface area (Å²) in [4.78, 5) is 15.0. The molecule has 11 rings (SSSR count). The molecule has 0 amide bonds. The van der Waals surface area contributed by atoms with Gasteiger partial charge in [-0.2, -0.15) is 0 Å². The summed E-state index contributed by atoms with van der Waals surface area (Å²) in [7, 11) is 0. The lowest BCUT2D eigenvalue weighted by atomic mass is 9.90. The number of aromatic nitrogens is 3. The fraction of sp³-hybridized carbons (Fsp3) is 0. The molecule has 0 aliphatic carbocycles. The van der Waals surface area contributed by atoms with Gasteiger partial charge in [0.05, 0.1) is 0 Å². The first-order valence-electron chi connectivity index (χ1n) is 18.0. The van der Waals surface area contributed by atoms with Gasteiger partial charge in [-0.1, -0.05) is 140 Å². The van der Waals surface area contributed by atoms with Gasteiger partial charge in [-0.05, 0) is 69.6 Å². The molecule has 0 saturated heterocycles. The normalized spacial score (nSPS) is 11.9. The summed E-state index contributed by atoms with van der Waals surface area (Å²) in [5.74, 6) is 3.56. The molecule has 0 radical (unpaired) electrons. The monoisotopic (exact) mass is 707 g/mol. The van der Waals surface area contributed by atoms with Crippen LogP contribution in [0.15, 0.2) is 176 Å². The fourth-order valence-electron chi connectivity index (χ4n) is 7.78. The van der Waals surface area contributed by atoms with Gasteiger partial charge < -0.3 is 4.74 Å². The Hall–Kier alpha value is -6.95. The van der Waals surface area contributed by atoms with Crippen molar-refractivity contribution in [1.82, 2.24) is 15.0 Å². The van der Waals surface area contributed by atoms with Crippen molar-refractivity contribution >= 4 is 42.3 Å². The van der Waals surface area contributed by atoms with E-state index in [0.717, 1.165) is 61.2 Å². The summed E-state index contributed by atoms with van der Waals surface area (Å²) < 4.78 is 9.27. The van der Waals surface area contributed by atoms with Crippen LogP contribution in [0.5, 0.6) is 11.5 Å². The van der Waals surface area contributed by atoms with E-state index in [2.05, 4.69) is 109 Å². The number of rotatable bonds is 5. The molecule has 0 atom stereocenters. The molecule has 1 aliphatic rings. The number of benzene rings is 8. The van der Waals surface area contributed by atoms with Gasteiger partial charge in [-0.3, -0.25) is 0 Å². The van der Waals surface area contributed by atoms with Crippen LogP contribution in [0.4, 0.5) is 0 Å². The van der Waals surface area contributed by atoms with Crippen LogP contribution in [0, 0.1) is 0 Å². The fourth-order valence-corrected chi connectivity index (χ4v) is 9.01. The van der Waals surface area contributed by atoms with E-state index in [0.29, 0.717) is 17.5 Å². The van der Waals surface area contributed by atoms with Crippen LogP contribution in [0.2, 0.25) is 0 Å². The van der Waals surface area contributed by atoms with Crippen LogP contribution >= 0.6 is 11.3 Å².